The normalized spacial score (nSPS) is 88.2. The van der Waals surface area contributed by atoms with Gasteiger partial charge < -0.3 is 0 Å². The summed E-state index contributed by atoms with van der Waals surface area (Å²) in [5, 5.41) is 0. The van der Waals surface area contributed by atoms with E-state index >= 15 is 0 Å². The molecule has 0 amide bonds. The Morgan fingerprint density at radius 1 is 0.625 bits per heavy atom. The molecule has 4 unspecified atom stereocenters. The zero-order valence-electron chi connectivity index (χ0n) is 15.6. The van der Waals surface area contributed by atoms with Gasteiger partial charge >= 0.3 is 138 Å². The maximum atomic E-state index is 2.39. The van der Waals surface area contributed by atoms with E-state index in [9.17, 15) is 0 Å². The summed E-state index contributed by atoms with van der Waals surface area (Å²) in [5.74, 6) is 0. The molecule has 2 heteroatoms. The van der Waals surface area contributed by atoms with Gasteiger partial charge in [0.2, 0.25) is 0 Å². The van der Waals surface area contributed by atoms with Crippen LogP contribution < -0.4 is 0 Å². The molecule has 0 aromatic rings. The first-order valence-electron chi connectivity index (χ1n) is 11.5. The van der Waals surface area contributed by atoms with Gasteiger partial charge in [-0.15, -0.1) is 0 Å². The third-order valence-corrected chi connectivity index (χ3v) is 94.1. The number of hydrogen-bond donors (Lipinski definition) is 0. The van der Waals surface area contributed by atoms with Crippen LogP contribution >= 0.6 is 7.92 Å². The molecule has 0 N–H and O–H groups in total. The van der Waals surface area contributed by atoms with E-state index < -0.39 is 7.72 Å². The van der Waals surface area contributed by atoms with Crippen molar-refractivity contribution in [3.63, 3.8) is 0 Å². The predicted octanol–water partition coefficient (Wildman–Crippen LogP) is 7.93. The number of fused-ring (bicyclic) bond motifs is 10. The first kappa shape index (κ1) is 12.5. The zero-order valence-corrected chi connectivity index (χ0v) is 18.2. The van der Waals surface area contributed by atoms with E-state index in [4.69, 9.17) is 0 Å². The molecule has 0 aromatic heterocycles. The van der Waals surface area contributed by atoms with E-state index in [0.29, 0.717) is 7.92 Å². The van der Waals surface area contributed by atoms with E-state index in [1.165, 1.54) is 29.4 Å². The Labute approximate surface area is 137 Å². The molecule has 4 atom stereocenters. The molecule has 10 aliphatic rings. The number of hydrogen-bond acceptors (Lipinski definition) is 0. The molecular weight excluding hydrogens is 396 g/mol. The summed E-state index contributed by atoms with van der Waals surface area (Å²) in [5.41, 5.74) is 0. The topological polar surface area (TPSA) is 0 Å². The van der Waals surface area contributed by atoms with Crippen molar-refractivity contribution in [1.82, 2.24) is 0 Å². The Morgan fingerprint density at radius 3 is 1.38 bits per heavy atom. The van der Waals surface area contributed by atoms with Gasteiger partial charge in [-0.25, -0.2) is 0 Å². The van der Waals surface area contributed by atoms with E-state index in [1.807, 2.05) is 0 Å². The van der Waals surface area contributed by atoms with Gasteiger partial charge in [-0.2, -0.15) is 0 Å². The standard InChI is InChI=1S/C17H30P.C5H5.Ru/c1-3-5-7-11-15-18(16-12-8-6-4-2)17-13-9-10-14-17;1-2-4-5-3-1;/h9-10,13-14H,3-8,11-12,15-16H2,1-2H3;1-5H;. The minimum absolute atomic E-state index is 0.497. The molecular formula is C22H35PRu. The minimum atomic E-state index is -3.08. The summed E-state index contributed by atoms with van der Waals surface area (Å²) in [6.45, 7) is 4.78. The van der Waals surface area contributed by atoms with Crippen LogP contribution in [0.3, 0.4) is 0 Å². The molecule has 10 rings (SSSR count). The van der Waals surface area contributed by atoms with Crippen LogP contribution in [0.5, 0.6) is 0 Å². The molecule has 0 bridgehead atoms. The van der Waals surface area contributed by atoms with Gasteiger partial charge in [0.1, 0.15) is 0 Å². The van der Waals surface area contributed by atoms with Crippen LogP contribution in [0.1, 0.15) is 65.2 Å². The van der Waals surface area contributed by atoms with Crippen molar-refractivity contribution in [2.24, 2.45) is 0 Å². The van der Waals surface area contributed by atoms with Gasteiger partial charge in [-0.3, -0.25) is 0 Å². The average molecular weight is 432 g/mol. The number of unbranched alkanes of at least 4 members (excludes halogenated alkanes) is 6. The Balaban J connectivity index is 1.06. The Morgan fingerprint density at radius 2 is 1.08 bits per heavy atom. The summed E-state index contributed by atoms with van der Waals surface area (Å²) < 4.78 is 15.5. The second-order valence-electron chi connectivity index (χ2n) is 13.7. The average Bonchev–Trinajstić information content (AvgIpc) is 3.53. The second-order valence-corrected chi connectivity index (χ2v) is 54.2. The third kappa shape index (κ3) is 0.208. The quantitative estimate of drug-likeness (QED) is 0.177. The van der Waals surface area contributed by atoms with Crippen molar-refractivity contribution in [2.45, 2.75) is 110 Å². The summed E-state index contributed by atoms with van der Waals surface area (Å²) in [4.78, 5) is 0. The zero-order chi connectivity index (χ0) is 15.7. The Hall–Kier alpha value is 1.05. The molecule has 10 aliphatic heterocycles. The molecule has 0 radical (unpaired) electrons. The first-order chi connectivity index (χ1) is 11.6. The monoisotopic (exact) mass is 432 g/mol. The van der Waals surface area contributed by atoms with E-state index in [0.717, 1.165) is 0 Å². The van der Waals surface area contributed by atoms with Crippen molar-refractivity contribution in [1.29, 1.82) is 0 Å². The number of rotatable bonds is 11. The SMILES string of the molecule is CCCCCCP(CCCCCC)[C]12[CH]3[CH]4[CH]5[CH]1[Ru]45321678[CH]2[CH]1[CH]6[CH]7[CH]28. The summed E-state index contributed by atoms with van der Waals surface area (Å²) in [6, 6.07) is 0. The Bertz CT molecular complexity index is 949. The van der Waals surface area contributed by atoms with E-state index in [-0.39, 0.29) is 0 Å². The van der Waals surface area contributed by atoms with Gasteiger partial charge in [-0.05, 0) is 0 Å². The summed E-state index contributed by atoms with van der Waals surface area (Å²) >= 11 is 0. The van der Waals surface area contributed by atoms with Crippen LogP contribution in [0.2, 0.25) is 40.6 Å². The van der Waals surface area contributed by atoms with Crippen LogP contribution in [-0.2, 0) is 7.72 Å². The third-order valence-electron chi connectivity index (χ3n) is 17.6. The summed E-state index contributed by atoms with van der Waals surface area (Å²) in [7, 11) is -2.58. The fourth-order valence-corrected chi connectivity index (χ4v) is 175. The second kappa shape index (κ2) is 1.51. The molecule has 0 saturated carbocycles. The first-order valence-corrected chi connectivity index (χ1v) is 23.1. The van der Waals surface area contributed by atoms with Crippen molar-refractivity contribution in [3.8, 4) is 0 Å². The summed E-state index contributed by atoms with van der Waals surface area (Å²) in [6.07, 6.45) is 15.8. The van der Waals surface area contributed by atoms with Gasteiger partial charge in [0.05, 0.1) is 0 Å². The van der Waals surface area contributed by atoms with Gasteiger partial charge in [0.15, 0.2) is 0 Å². The fraction of sp³-hybridized carbons (Fsp3) is 1.00. The van der Waals surface area contributed by atoms with Crippen molar-refractivity contribution >= 4 is 7.92 Å². The Kier molecular flexibility index (Phi) is 0.786. The van der Waals surface area contributed by atoms with Crippen molar-refractivity contribution in [2.75, 3.05) is 12.3 Å². The van der Waals surface area contributed by atoms with Crippen molar-refractivity contribution in [3.05, 3.63) is 0 Å². The molecule has 1 spiro atoms. The molecule has 136 valence electrons. The van der Waals surface area contributed by atoms with Crippen LogP contribution in [0.15, 0.2) is 0 Å². The molecule has 0 aliphatic carbocycles. The van der Waals surface area contributed by atoms with Gasteiger partial charge in [-0.1, -0.05) is 0 Å². The fourth-order valence-electron chi connectivity index (χ4n) is 18.9. The van der Waals surface area contributed by atoms with Gasteiger partial charge in [0.25, 0.3) is 0 Å². The maximum absolute atomic E-state index is 3.08. The predicted molar refractivity (Wildman–Crippen MR) is 101 cm³/mol. The van der Waals surface area contributed by atoms with E-state index in [2.05, 4.69) is 13.8 Å². The molecule has 10 heterocycles. The van der Waals surface area contributed by atoms with Crippen molar-refractivity contribution < 1.29 is 7.72 Å². The molecule has 10 saturated heterocycles. The molecule has 24 heavy (non-hydrogen) atoms. The molecule has 0 nitrogen and oxygen atoms in total. The van der Waals surface area contributed by atoms with Gasteiger partial charge in [0, 0.05) is 0 Å². The van der Waals surface area contributed by atoms with Crippen LogP contribution in [0.4, 0.5) is 0 Å². The van der Waals surface area contributed by atoms with Crippen LogP contribution in [0, 0.1) is 0 Å². The van der Waals surface area contributed by atoms with Crippen LogP contribution in [-0.4, -0.2) is 16.1 Å². The van der Waals surface area contributed by atoms with Crippen LogP contribution in [0.25, 0.3) is 0 Å². The molecule has 10 fully saturated rings. The van der Waals surface area contributed by atoms with E-state index in [1.54, 1.807) is 78.6 Å². The molecule has 0 aromatic carbocycles.